The fourth-order valence-corrected chi connectivity index (χ4v) is 3.26. The lowest BCUT2D eigenvalue weighted by Gasteiger charge is -2.35. The molecule has 1 fully saturated rings. The third-order valence-electron chi connectivity index (χ3n) is 4.53. The fourth-order valence-electron chi connectivity index (χ4n) is 3.26. The number of hydrogen-bond acceptors (Lipinski definition) is 4. The van der Waals surface area contributed by atoms with Gasteiger partial charge in [0.2, 0.25) is 5.91 Å². The predicted octanol–water partition coefficient (Wildman–Crippen LogP) is 2.89. The fraction of sp³-hybridized carbons (Fsp3) is 0.368. The Morgan fingerprint density at radius 3 is 2.50 bits per heavy atom. The molecule has 1 aliphatic heterocycles. The van der Waals surface area contributed by atoms with Gasteiger partial charge in [0.05, 0.1) is 18.4 Å². The number of anilines is 1. The van der Waals surface area contributed by atoms with Crippen LogP contribution in [-0.2, 0) is 16.1 Å². The minimum Gasteiger partial charge on any atom is -0.481 e. The van der Waals surface area contributed by atoms with Gasteiger partial charge in [0, 0.05) is 18.8 Å². The smallest absolute Gasteiger partial charge is 0.307 e. The van der Waals surface area contributed by atoms with Crippen molar-refractivity contribution in [1.29, 1.82) is 0 Å². The van der Waals surface area contributed by atoms with Gasteiger partial charge in [0.1, 0.15) is 17.3 Å². The zero-order chi connectivity index (χ0) is 18.7. The largest absolute Gasteiger partial charge is 0.481 e. The molecule has 0 aliphatic carbocycles. The van der Waals surface area contributed by atoms with Crippen LogP contribution in [0.25, 0.3) is 0 Å². The van der Waals surface area contributed by atoms with Gasteiger partial charge in [-0.25, -0.2) is 4.39 Å². The number of carbonyl (C=O) groups is 2. The molecule has 1 amide bonds. The normalized spacial score (nSPS) is 20.7. The number of likely N-dealkylation sites (tertiary alicyclic amines) is 1. The third kappa shape index (κ3) is 4.49. The standard InChI is InChI=1S/C19H21FN2O4/c1-12-2-7-17(26-12)11-22-9-13(8-14(10-22)19(24)25)18(23)21-16-5-3-15(20)4-6-16/h2-7,13-14H,8-11H2,1H3,(H,21,23)(H,24,25)/t13-,14-/m0/s1. The summed E-state index contributed by atoms with van der Waals surface area (Å²) in [6.45, 7) is 3.11. The lowest BCUT2D eigenvalue weighted by atomic mass is 9.88. The molecule has 2 aromatic rings. The first-order chi connectivity index (χ1) is 12.4. The van der Waals surface area contributed by atoms with Gasteiger partial charge in [-0.1, -0.05) is 0 Å². The molecule has 1 aliphatic rings. The van der Waals surface area contributed by atoms with E-state index in [0.29, 0.717) is 25.3 Å². The van der Waals surface area contributed by atoms with E-state index in [-0.39, 0.29) is 18.1 Å². The summed E-state index contributed by atoms with van der Waals surface area (Å²) in [7, 11) is 0. The molecule has 7 heteroatoms. The van der Waals surface area contributed by atoms with Crippen LogP contribution in [-0.4, -0.2) is 35.0 Å². The molecule has 0 unspecified atom stereocenters. The van der Waals surface area contributed by atoms with Gasteiger partial charge in [-0.2, -0.15) is 0 Å². The molecule has 26 heavy (non-hydrogen) atoms. The van der Waals surface area contributed by atoms with Crippen LogP contribution in [0.15, 0.2) is 40.8 Å². The number of carbonyl (C=O) groups excluding carboxylic acids is 1. The Hall–Kier alpha value is -2.67. The van der Waals surface area contributed by atoms with E-state index in [9.17, 15) is 19.1 Å². The molecule has 3 rings (SSSR count). The van der Waals surface area contributed by atoms with Gasteiger partial charge in [0.15, 0.2) is 0 Å². The van der Waals surface area contributed by atoms with Crippen molar-refractivity contribution in [1.82, 2.24) is 4.90 Å². The van der Waals surface area contributed by atoms with E-state index in [1.165, 1.54) is 24.3 Å². The summed E-state index contributed by atoms with van der Waals surface area (Å²) in [5.74, 6) is -1.11. The highest BCUT2D eigenvalue weighted by molar-refractivity contribution is 5.93. The average molecular weight is 360 g/mol. The molecule has 1 aromatic carbocycles. The molecule has 6 nitrogen and oxygen atoms in total. The maximum absolute atomic E-state index is 13.0. The number of amides is 1. The lowest BCUT2D eigenvalue weighted by Crippen LogP contribution is -2.46. The third-order valence-corrected chi connectivity index (χ3v) is 4.53. The molecule has 138 valence electrons. The number of furan rings is 1. The second kappa shape index (κ2) is 7.70. The maximum Gasteiger partial charge on any atom is 0.307 e. The number of carboxylic acids is 1. The van der Waals surface area contributed by atoms with E-state index in [1.54, 1.807) is 0 Å². The van der Waals surface area contributed by atoms with Crippen molar-refractivity contribution in [3.63, 3.8) is 0 Å². The maximum atomic E-state index is 13.0. The molecule has 1 aromatic heterocycles. The van der Waals surface area contributed by atoms with E-state index >= 15 is 0 Å². The van der Waals surface area contributed by atoms with Crippen molar-refractivity contribution in [2.45, 2.75) is 19.9 Å². The second-order valence-electron chi connectivity index (χ2n) is 6.67. The number of halogens is 1. The van der Waals surface area contributed by atoms with Gasteiger partial charge < -0.3 is 14.8 Å². The quantitative estimate of drug-likeness (QED) is 0.857. The Labute approximate surface area is 150 Å². The molecule has 0 saturated carbocycles. The monoisotopic (exact) mass is 360 g/mol. The second-order valence-corrected chi connectivity index (χ2v) is 6.67. The SMILES string of the molecule is Cc1ccc(CN2C[C@@H](C(=O)O)C[C@H](C(=O)Nc3ccc(F)cc3)C2)o1. The molecule has 0 spiro atoms. The Morgan fingerprint density at radius 2 is 1.88 bits per heavy atom. The van der Waals surface area contributed by atoms with E-state index in [0.717, 1.165) is 11.5 Å². The summed E-state index contributed by atoms with van der Waals surface area (Å²) in [4.78, 5) is 26.0. The minimum absolute atomic E-state index is 0.261. The van der Waals surface area contributed by atoms with Crippen molar-refractivity contribution in [2.75, 3.05) is 18.4 Å². The minimum atomic E-state index is -0.912. The number of nitrogens with zero attached hydrogens (tertiary/aromatic N) is 1. The Kier molecular flexibility index (Phi) is 5.37. The topological polar surface area (TPSA) is 82.8 Å². The number of aliphatic carboxylic acids is 1. The molecule has 0 radical (unpaired) electrons. The van der Waals surface area contributed by atoms with Crippen LogP contribution in [0.1, 0.15) is 17.9 Å². The molecule has 0 bridgehead atoms. The van der Waals surface area contributed by atoms with Crippen molar-refractivity contribution in [2.24, 2.45) is 11.8 Å². The van der Waals surface area contributed by atoms with E-state index < -0.39 is 17.8 Å². The molecular formula is C19H21FN2O4. The van der Waals surface area contributed by atoms with E-state index in [1.807, 2.05) is 24.0 Å². The molecule has 1 saturated heterocycles. The van der Waals surface area contributed by atoms with Crippen molar-refractivity contribution < 1.29 is 23.5 Å². The van der Waals surface area contributed by atoms with Gasteiger partial charge in [-0.3, -0.25) is 14.5 Å². The van der Waals surface area contributed by atoms with E-state index in [4.69, 9.17) is 4.42 Å². The van der Waals surface area contributed by atoms with E-state index in [2.05, 4.69) is 5.32 Å². The summed E-state index contributed by atoms with van der Waals surface area (Å²) in [6.07, 6.45) is 0.274. The zero-order valence-corrected chi connectivity index (χ0v) is 14.4. The van der Waals surface area contributed by atoms with Crippen LogP contribution in [0.4, 0.5) is 10.1 Å². The summed E-state index contributed by atoms with van der Waals surface area (Å²) in [5, 5.41) is 12.2. The Bertz CT molecular complexity index is 787. The molecule has 2 N–H and O–H groups in total. The van der Waals surface area contributed by atoms with Crippen LogP contribution >= 0.6 is 0 Å². The first kappa shape index (κ1) is 18.1. The number of nitrogens with one attached hydrogen (secondary N) is 1. The van der Waals surface area contributed by atoms with Crippen LogP contribution in [0.2, 0.25) is 0 Å². The van der Waals surface area contributed by atoms with Crippen LogP contribution < -0.4 is 5.32 Å². The number of rotatable bonds is 5. The van der Waals surface area contributed by atoms with Gasteiger partial charge in [-0.15, -0.1) is 0 Å². The predicted molar refractivity (Wildman–Crippen MR) is 93.0 cm³/mol. The summed E-state index contributed by atoms with van der Waals surface area (Å²) >= 11 is 0. The number of piperidine rings is 1. The highest BCUT2D eigenvalue weighted by Gasteiger charge is 2.35. The summed E-state index contributed by atoms with van der Waals surface area (Å²) < 4.78 is 18.5. The first-order valence-corrected chi connectivity index (χ1v) is 8.47. The van der Waals surface area contributed by atoms with Gasteiger partial charge >= 0.3 is 5.97 Å². The number of aryl methyl sites for hydroxylation is 1. The first-order valence-electron chi connectivity index (χ1n) is 8.47. The van der Waals surface area contributed by atoms with Gasteiger partial charge in [0.25, 0.3) is 0 Å². The molecule has 2 atom stereocenters. The van der Waals surface area contributed by atoms with Crippen LogP contribution in [0.5, 0.6) is 0 Å². The van der Waals surface area contributed by atoms with Crippen molar-refractivity contribution in [3.05, 3.63) is 53.7 Å². The highest BCUT2D eigenvalue weighted by atomic mass is 19.1. The number of benzene rings is 1. The lowest BCUT2D eigenvalue weighted by molar-refractivity contribution is -0.145. The van der Waals surface area contributed by atoms with Crippen molar-refractivity contribution >= 4 is 17.6 Å². The van der Waals surface area contributed by atoms with Crippen LogP contribution in [0.3, 0.4) is 0 Å². The zero-order valence-electron chi connectivity index (χ0n) is 14.4. The number of hydrogen-bond donors (Lipinski definition) is 2. The highest BCUT2D eigenvalue weighted by Crippen LogP contribution is 2.25. The summed E-state index contributed by atoms with van der Waals surface area (Å²) in [6, 6.07) is 9.20. The van der Waals surface area contributed by atoms with Crippen LogP contribution in [0, 0.1) is 24.6 Å². The van der Waals surface area contributed by atoms with Crippen molar-refractivity contribution in [3.8, 4) is 0 Å². The number of carboxylic acid groups (broad SMARTS) is 1. The molecular weight excluding hydrogens is 339 g/mol. The Balaban J connectivity index is 1.69. The summed E-state index contributed by atoms with van der Waals surface area (Å²) in [5.41, 5.74) is 0.488. The average Bonchev–Trinajstić information content (AvgIpc) is 3.01. The molecule has 2 heterocycles. The van der Waals surface area contributed by atoms with Gasteiger partial charge in [-0.05, 0) is 49.7 Å². The Morgan fingerprint density at radius 1 is 1.19 bits per heavy atom.